The van der Waals surface area contributed by atoms with Crippen molar-refractivity contribution in [2.24, 2.45) is 5.73 Å². The largest absolute Gasteiger partial charge is 0.414 e. The van der Waals surface area contributed by atoms with Crippen LogP contribution in [0.2, 0.25) is 72.5 Å². The Hall–Kier alpha value is 0.628. The van der Waals surface area contributed by atoms with Gasteiger partial charge in [0, 0.05) is 0 Å². The minimum Gasteiger partial charge on any atom is -0.414 e. The number of ether oxygens (including phenoxy) is 1. The molecule has 2 N–H and O–H groups in total. The van der Waals surface area contributed by atoms with Crippen LogP contribution in [-0.2, 0) is 22.4 Å². The molecule has 0 bridgehead atoms. The van der Waals surface area contributed by atoms with E-state index in [0.717, 1.165) is 0 Å². The van der Waals surface area contributed by atoms with E-state index in [0.29, 0.717) is 6.61 Å². The van der Waals surface area contributed by atoms with E-state index in [1.807, 2.05) is 0 Å². The molecule has 0 aromatic heterocycles. The van der Waals surface area contributed by atoms with E-state index < -0.39 is 45.6 Å². The van der Waals surface area contributed by atoms with E-state index in [4.69, 9.17) is 28.2 Å². The molecule has 6 nitrogen and oxygen atoms in total. The van der Waals surface area contributed by atoms with Crippen molar-refractivity contribution in [1.82, 2.24) is 0 Å². The molecule has 0 aliphatic carbocycles. The fourth-order valence-corrected chi connectivity index (χ4v) is 8.48. The monoisotopic (exact) mass is 635 g/mol. The molecule has 1 aliphatic rings. The van der Waals surface area contributed by atoms with Gasteiger partial charge >= 0.3 is 0 Å². The van der Waals surface area contributed by atoms with Gasteiger partial charge in [-0.15, -0.1) is 0 Å². The van der Waals surface area contributed by atoms with Crippen LogP contribution in [0.25, 0.3) is 0 Å². The summed E-state index contributed by atoms with van der Waals surface area (Å²) in [6.07, 6.45) is -2.08. The molecule has 0 aromatic rings. The molecule has 1 heterocycles. The van der Waals surface area contributed by atoms with Crippen LogP contribution in [0, 0.1) is 0 Å². The van der Waals surface area contributed by atoms with Crippen molar-refractivity contribution in [3.8, 4) is 0 Å². The van der Waals surface area contributed by atoms with E-state index in [-0.39, 0.29) is 38.5 Å². The van der Waals surface area contributed by atoms with Crippen LogP contribution < -0.4 is 5.73 Å². The third-order valence-electron chi connectivity index (χ3n) is 10.8. The lowest BCUT2D eigenvalue weighted by molar-refractivity contribution is -0.214. The molecular formula is C30H69NO5Si4. The van der Waals surface area contributed by atoms with Crippen molar-refractivity contribution in [1.29, 1.82) is 0 Å². The van der Waals surface area contributed by atoms with E-state index in [1.54, 1.807) is 0 Å². The SMILES string of the molecule is CC(C)(C)[Si](C)(C)OC[C@H]1O[C@H](N)[C@H](O[Si](C)(C)C(C)(C)C)[C@@H](O[Si](C)(C)C(C)(C)C)[C@@H]1O[Si](C)(C)C(C)(C)C. The first-order chi connectivity index (χ1) is 17.3. The number of hydrogen-bond acceptors (Lipinski definition) is 6. The molecule has 40 heavy (non-hydrogen) atoms. The third-order valence-corrected chi connectivity index (χ3v) is 28.7. The van der Waals surface area contributed by atoms with Gasteiger partial charge in [0.2, 0.25) is 0 Å². The Balaban J connectivity index is 3.75. The van der Waals surface area contributed by atoms with Crippen LogP contribution in [0.15, 0.2) is 0 Å². The summed E-state index contributed by atoms with van der Waals surface area (Å²) in [4.78, 5) is 0. The van der Waals surface area contributed by atoms with Crippen LogP contribution in [-0.4, -0.2) is 70.5 Å². The Morgan fingerprint density at radius 2 is 0.800 bits per heavy atom. The second kappa shape index (κ2) is 12.2. The molecule has 0 radical (unpaired) electrons. The molecule has 0 unspecified atom stereocenters. The van der Waals surface area contributed by atoms with E-state index >= 15 is 0 Å². The molecule has 0 amide bonds. The first-order valence-electron chi connectivity index (χ1n) is 15.4. The second-order valence-corrected chi connectivity index (χ2v) is 37.3. The van der Waals surface area contributed by atoms with E-state index in [1.165, 1.54) is 0 Å². The average molecular weight is 636 g/mol. The maximum absolute atomic E-state index is 7.31. The molecule has 0 aromatic carbocycles. The Morgan fingerprint density at radius 3 is 1.12 bits per heavy atom. The quantitative estimate of drug-likeness (QED) is 0.255. The lowest BCUT2D eigenvalue weighted by Crippen LogP contribution is -2.69. The zero-order chi connectivity index (χ0) is 32.1. The number of rotatable bonds is 9. The minimum absolute atomic E-state index is 0.0194. The van der Waals surface area contributed by atoms with Gasteiger partial charge in [0.25, 0.3) is 0 Å². The first-order valence-corrected chi connectivity index (χ1v) is 27.0. The molecule has 240 valence electrons. The highest BCUT2D eigenvalue weighted by molar-refractivity contribution is 6.75. The van der Waals surface area contributed by atoms with Gasteiger partial charge in [-0.05, 0) is 72.5 Å². The molecule has 1 rings (SSSR count). The van der Waals surface area contributed by atoms with Crippen molar-refractivity contribution in [2.45, 2.75) is 186 Å². The Kier molecular flexibility index (Phi) is 11.8. The highest BCUT2D eigenvalue weighted by Crippen LogP contribution is 2.46. The molecular weight excluding hydrogens is 567 g/mol. The van der Waals surface area contributed by atoms with Crippen LogP contribution in [0.1, 0.15) is 83.1 Å². The normalized spacial score (nSPS) is 26.8. The van der Waals surface area contributed by atoms with E-state index in [9.17, 15) is 0 Å². The second-order valence-electron chi connectivity index (χ2n) is 18.2. The first kappa shape index (κ1) is 38.7. The van der Waals surface area contributed by atoms with Crippen LogP contribution >= 0.6 is 0 Å². The zero-order valence-electron chi connectivity index (χ0n) is 30.2. The molecule has 0 spiro atoms. The molecule has 1 fully saturated rings. The van der Waals surface area contributed by atoms with Crippen molar-refractivity contribution >= 4 is 33.3 Å². The zero-order valence-corrected chi connectivity index (χ0v) is 34.2. The summed E-state index contributed by atoms with van der Waals surface area (Å²) >= 11 is 0. The van der Waals surface area contributed by atoms with Crippen molar-refractivity contribution in [3.63, 3.8) is 0 Å². The maximum Gasteiger partial charge on any atom is 0.192 e. The van der Waals surface area contributed by atoms with Gasteiger partial charge in [-0.25, -0.2) is 0 Å². The fourth-order valence-electron chi connectivity index (χ4n) is 3.55. The lowest BCUT2D eigenvalue weighted by Gasteiger charge is -2.54. The smallest absolute Gasteiger partial charge is 0.192 e. The summed E-state index contributed by atoms with van der Waals surface area (Å²) in [5, 5.41) is 0.150. The Labute approximate surface area is 253 Å². The predicted molar refractivity (Wildman–Crippen MR) is 182 cm³/mol. The number of nitrogens with two attached hydrogens (primary N) is 1. The van der Waals surface area contributed by atoms with Gasteiger partial charge in [-0.1, -0.05) is 83.1 Å². The molecule has 1 aliphatic heterocycles. The van der Waals surface area contributed by atoms with Gasteiger partial charge < -0.3 is 28.2 Å². The predicted octanol–water partition coefficient (Wildman–Crippen LogP) is 8.86. The summed E-state index contributed by atoms with van der Waals surface area (Å²) in [7, 11) is -8.72. The fraction of sp³-hybridized carbons (Fsp3) is 1.00. The summed E-state index contributed by atoms with van der Waals surface area (Å²) < 4.78 is 35.1. The van der Waals surface area contributed by atoms with Gasteiger partial charge in [0.05, 0.1) is 6.61 Å². The maximum atomic E-state index is 7.31. The van der Waals surface area contributed by atoms with E-state index in [2.05, 4.69) is 135 Å². The summed E-state index contributed by atoms with van der Waals surface area (Å²) in [5.41, 5.74) is 6.90. The minimum atomic E-state index is -2.24. The van der Waals surface area contributed by atoms with Gasteiger partial charge in [0.15, 0.2) is 33.3 Å². The summed E-state index contributed by atoms with van der Waals surface area (Å²) in [5.74, 6) is 0. The van der Waals surface area contributed by atoms with Gasteiger partial charge in [0.1, 0.15) is 30.6 Å². The van der Waals surface area contributed by atoms with Crippen LogP contribution in [0.5, 0.6) is 0 Å². The van der Waals surface area contributed by atoms with Gasteiger partial charge in [-0.3, -0.25) is 0 Å². The van der Waals surface area contributed by atoms with Crippen LogP contribution in [0.4, 0.5) is 0 Å². The third kappa shape index (κ3) is 9.08. The highest BCUT2D eigenvalue weighted by Gasteiger charge is 2.56. The molecule has 10 heteroatoms. The summed E-state index contributed by atoms with van der Waals surface area (Å²) in [6.45, 7) is 46.1. The molecule has 0 saturated carbocycles. The Bertz CT molecular complexity index is 835. The van der Waals surface area contributed by atoms with Crippen molar-refractivity contribution in [2.75, 3.05) is 6.61 Å². The summed E-state index contributed by atoms with van der Waals surface area (Å²) in [6, 6.07) is 0. The highest BCUT2D eigenvalue weighted by atomic mass is 28.4. The Morgan fingerprint density at radius 1 is 0.500 bits per heavy atom. The van der Waals surface area contributed by atoms with Crippen LogP contribution in [0.3, 0.4) is 0 Å². The molecule has 5 atom stereocenters. The standard InChI is InChI=1S/C30H69NO5Si4/c1-27(2,3)37(13,14)32-21-22-23(34-38(15,16)28(4,5)6)24(35-39(17,18)29(7,8)9)25(26(31)33-22)36-40(19,20)30(10,11)12/h22-26H,21,31H2,1-20H3/t22-,23-,24+,25-,26+/m1/s1. The lowest BCUT2D eigenvalue weighted by atomic mass is 9.99. The number of hydrogen-bond donors (Lipinski definition) is 1. The van der Waals surface area contributed by atoms with Crippen molar-refractivity contribution in [3.05, 3.63) is 0 Å². The molecule has 1 saturated heterocycles. The topological polar surface area (TPSA) is 72.2 Å². The average Bonchev–Trinajstić information content (AvgIpc) is 2.67. The van der Waals surface area contributed by atoms with Gasteiger partial charge in [-0.2, -0.15) is 0 Å². The van der Waals surface area contributed by atoms with Crippen molar-refractivity contribution < 1.29 is 22.4 Å².